The number of fused-ring (bicyclic) bond motifs is 1. The third kappa shape index (κ3) is 4.97. The molecular weight excluding hydrogens is 316 g/mol. The molecule has 0 fully saturated rings. The van der Waals surface area contributed by atoms with Crippen LogP contribution in [-0.2, 0) is 11.3 Å². The van der Waals surface area contributed by atoms with Crippen molar-refractivity contribution in [2.24, 2.45) is 0 Å². The van der Waals surface area contributed by atoms with Crippen LogP contribution < -0.4 is 14.8 Å². The molecule has 2 aromatic carbocycles. The largest absolute Gasteiger partial charge is 0.486 e. The molecule has 0 saturated heterocycles. The first-order valence-corrected chi connectivity index (χ1v) is 8.70. The molecule has 1 heterocycles. The highest BCUT2D eigenvalue weighted by Crippen LogP contribution is 2.32. The fraction of sp³-hybridized carbons (Fsp3) is 0.350. The summed E-state index contributed by atoms with van der Waals surface area (Å²) in [6, 6.07) is 15.8. The minimum atomic E-state index is 0.00295. The first kappa shape index (κ1) is 17.3. The smallest absolute Gasteiger partial charge is 0.225 e. The lowest BCUT2D eigenvalue weighted by Crippen LogP contribution is -2.27. The number of hydrogen-bond acceptors (Lipinski definition) is 4. The number of anilines is 1. The van der Waals surface area contributed by atoms with E-state index in [4.69, 9.17) is 9.47 Å². The second kappa shape index (κ2) is 8.53. The lowest BCUT2D eigenvalue weighted by atomic mass is 10.2. The molecule has 1 aliphatic heterocycles. The van der Waals surface area contributed by atoms with Crippen LogP contribution in [-0.4, -0.2) is 37.1 Å². The number of ether oxygens (including phenoxy) is 2. The fourth-order valence-electron chi connectivity index (χ4n) is 2.79. The van der Waals surface area contributed by atoms with Crippen molar-refractivity contribution < 1.29 is 14.3 Å². The van der Waals surface area contributed by atoms with E-state index < -0.39 is 0 Å². The van der Waals surface area contributed by atoms with Gasteiger partial charge in [0.05, 0.1) is 0 Å². The summed E-state index contributed by atoms with van der Waals surface area (Å²) >= 11 is 0. The van der Waals surface area contributed by atoms with Crippen LogP contribution in [0.1, 0.15) is 18.9 Å². The second-order valence-corrected chi connectivity index (χ2v) is 6.01. The highest BCUT2D eigenvalue weighted by atomic mass is 16.6. The van der Waals surface area contributed by atoms with Gasteiger partial charge in [-0.25, -0.2) is 0 Å². The van der Waals surface area contributed by atoms with Crippen molar-refractivity contribution in [1.29, 1.82) is 0 Å². The molecule has 5 heteroatoms. The molecular formula is C20H24N2O3. The van der Waals surface area contributed by atoms with E-state index in [0.29, 0.717) is 25.4 Å². The first-order chi connectivity index (χ1) is 12.2. The van der Waals surface area contributed by atoms with Gasteiger partial charge in [-0.3, -0.25) is 9.69 Å². The van der Waals surface area contributed by atoms with Gasteiger partial charge >= 0.3 is 0 Å². The van der Waals surface area contributed by atoms with Gasteiger partial charge < -0.3 is 14.8 Å². The molecule has 132 valence electrons. The Morgan fingerprint density at radius 3 is 2.60 bits per heavy atom. The third-order valence-corrected chi connectivity index (χ3v) is 4.18. The average Bonchev–Trinajstić information content (AvgIpc) is 2.66. The highest BCUT2D eigenvalue weighted by Gasteiger charge is 2.13. The van der Waals surface area contributed by atoms with E-state index in [9.17, 15) is 4.79 Å². The maximum absolute atomic E-state index is 12.2. The Kier molecular flexibility index (Phi) is 5.90. The summed E-state index contributed by atoms with van der Waals surface area (Å²) in [7, 11) is 0. The summed E-state index contributed by atoms with van der Waals surface area (Å²) < 4.78 is 11.0. The molecule has 5 nitrogen and oxygen atoms in total. The Hall–Kier alpha value is -2.53. The molecule has 1 amide bonds. The van der Waals surface area contributed by atoms with Crippen LogP contribution in [0.3, 0.4) is 0 Å². The van der Waals surface area contributed by atoms with E-state index in [1.165, 1.54) is 5.56 Å². The van der Waals surface area contributed by atoms with Crippen molar-refractivity contribution >= 4 is 11.6 Å². The predicted molar refractivity (Wildman–Crippen MR) is 98.1 cm³/mol. The number of hydrogen-bond donors (Lipinski definition) is 1. The number of rotatable bonds is 7. The van der Waals surface area contributed by atoms with Crippen molar-refractivity contribution in [2.75, 3.05) is 31.6 Å². The molecule has 0 bridgehead atoms. The van der Waals surface area contributed by atoms with Crippen molar-refractivity contribution in [1.82, 2.24) is 4.90 Å². The van der Waals surface area contributed by atoms with Gasteiger partial charge in [-0.2, -0.15) is 0 Å². The Labute approximate surface area is 148 Å². The lowest BCUT2D eigenvalue weighted by Gasteiger charge is -2.21. The number of carbonyl (C=O) groups excluding carboxylic acids is 1. The van der Waals surface area contributed by atoms with Gasteiger partial charge in [0.2, 0.25) is 5.91 Å². The second-order valence-electron chi connectivity index (χ2n) is 6.01. The normalized spacial score (nSPS) is 12.9. The van der Waals surface area contributed by atoms with E-state index in [2.05, 4.69) is 29.3 Å². The monoisotopic (exact) mass is 340 g/mol. The summed E-state index contributed by atoms with van der Waals surface area (Å²) in [5.74, 6) is 1.41. The zero-order chi connectivity index (χ0) is 17.5. The summed E-state index contributed by atoms with van der Waals surface area (Å²) in [4.78, 5) is 14.5. The molecule has 0 unspecified atom stereocenters. The molecule has 3 rings (SSSR count). The Morgan fingerprint density at radius 1 is 1.08 bits per heavy atom. The van der Waals surface area contributed by atoms with E-state index in [1.807, 2.05) is 36.4 Å². The van der Waals surface area contributed by atoms with Crippen molar-refractivity contribution in [3.63, 3.8) is 0 Å². The number of benzene rings is 2. The Morgan fingerprint density at radius 2 is 1.84 bits per heavy atom. The molecule has 0 saturated carbocycles. The number of nitrogens with zero attached hydrogens (tertiary/aromatic N) is 1. The number of amides is 1. The summed E-state index contributed by atoms with van der Waals surface area (Å²) in [5, 5.41) is 2.93. The minimum Gasteiger partial charge on any atom is -0.486 e. The fourth-order valence-corrected chi connectivity index (χ4v) is 2.79. The summed E-state index contributed by atoms with van der Waals surface area (Å²) in [6.07, 6.45) is 0.453. The molecule has 1 aliphatic rings. The van der Waals surface area contributed by atoms with Gasteiger partial charge in [-0.15, -0.1) is 0 Å². The SMILES string of the molecule is CCN(CCC(=O)Nc1ccc2c(c1)OCCO2)Cc1ccccc1. The van der Waals surface area contributed by atoms with Crippen molar-refractivity contribution in [3.05, 3.63) is 54.1 Å². The summed E-state index contributed by atoms with van der Waals surface area (Å²) in [6.45, 7) is 5.70. The van der Waals surface area contributed by atoms with Crippen LogP contribution in [0.2, 0.25) is 0 Å². The molecule has 0 aromatic heterocycles. The molecule has 25 heavy (non-hydrogen) atoms. The van der Waals surface area contributed by atoms with Gasteiger partial charge in [0, 0.05) is 31.3 Å². The quantitative estimate of drug-likeness (QED) is 0.840. The molecule has 0 radical (unpaired) electrons. The highest BCUT2D eigenvalue weighted by molar-refractivity contribution is 5.91. The third-order valence-electron chi connectivity index (χ3n) is 4.18. The van der Waals surface area contributed by atoms with Crippen LogP contribution in [0, 0.1) is 0 Å². The van der Waals surface area contributed by atoms with Crippen LogP contribution in [0.25, 0.3) is 0 Å². The van der Waals surface area contributed by atoms with Gasteiger partial charge in [-0.05, 0) is 24.2 Å². The number of carbonyl (C=O) groups is 1. The van der Waals surface area contributed by atoms with Gasteiger partial charge in [0.1, 0.15) is 13.2 Å². The van der Waals surface area contributed by atoms with Gasteiger partial charge in [0.25, 0.3) is 0 Å². The molecule has 1 N–H and O–H groups in total. The maximum Gasteiger partial charge on any atom is 0.225 e. The Bertz CT molecular complexity index is 703. The standard InChI is InChI=1S/C20H24N2O3/c1-2-22(15-16-6-4-3-5-7-16)11-10-20(23)21-17-8-9-18-19(14-17)25-13-12-24-18/h3-9,14H,2,10-13,15H2,1H3,(H,21,23). The van der Waals surface area contributed by atoms with Crippen molar-refractivity contribution in [2.45, 2.75) is 19.9 Å². The molecule has 0 aliphatic carbocycles. The summed E-state index contributed by atoms with van der Waals surface area (Å²) in [5.41, 5.74) is 2.00. The average molecular weight is 340 g/mol. The zero-order valence-corrected chi connectivity index (χ0v) is 14.5. The van der Waals surface area contributed by atoms with Crippen LogP contribution >= 0.6 is 0 Å². The van der Waals surface area contributed by atoms with Crippen molar-refractivity contribution in [3.8, 4) is 11.5 Å². The van der Waals surface area contributed by atoms with Gasteiger partial charge in [-0.1, -0.05) is 37.3 Å². The molecule has 2 aromatic rings. The molecule has 0 spiro atoms. The van der Waals surface area contributed by atoms with Crippen LogP contribution in [0.5, 0.6) is 11.5 Å². The van der Waals surface area contributed by atoms with E-state index in [0.717, 1.165) is 31.1 Å². The first-order valence-electron chi connectivity index (χ1n) is 8.70. The number of nitrogens with one attached hydrogen (secondary N) is 1. The van der Waals surface area contributed by atoms with E-state index in [-0.39, 0.29) is 5.91 Å². The van der Waals surface area contributed by atoms with Crippen LogP contribution in [0.4, 0.5) is 5.69 Å². The van der Waals surface area contributed by atoms with E-state index >= 15 is 0 Å². The maximum atomic E-state index is 12.2. The lowest BCUT2D eigenvalue weighted by molar-refractivity contribution is -0.116. The van der Waals surface area contributed by atoms with E-state index in [1.54, 1.807) is 0 Å². The van der Waals surface area contributed by atoms with Crippen LogP contribution in [0.15, 0.2) is 48.5 Å². The topological polar surface area (TPSA) is 50.8 Å². The minimum absolute atomic E-state index is 0.00295. The Balaban J connectivity index is 1.50. The molecule has 0 atom stereocenters. The predicted octanol–water partition coefficient (Wildman–Crippen LogP) is 3.31. The van der Waals surface area contributed by atoms with Gasteiger partial charge in [0.15, 0.2) is 11.5 Å². The zero-order valence-electron chi connectivity index (χ0n) is 14.5.